The van der Waals surface area contributed by atoms with Gasteiger partial charge >= 0.3 is 5.63 Å². The van der Waals surface area contributed by atoms with Crippen molar-refractivity contribution in [1.29, 1.82) is 5.41 Å². The van der Waals surface area contributed by atoms with Gasteiger partial charge in [-0.25, -0.2) is 4.79 Å². The van der Waals surface area contributed by atoms with E-state index in [-0.39, 0.29) is 11.2 Å². The first-order valence-electron chi connectivity index (χ1n) is 8.01. The minimum absolute atomic E-state index is 0.149. The summed E-state index contributed by atoms with van der Waals surface area (Å²) < 4.78 is 7.11. The fourth-order valence-electron chi connectivity index (χ4n) is 3.05. The van der Waals surface area contributed by atoms with Crippen LogP contribution < -0.4 is 11.1 Å². The van der Waals surface area contributed by atoms with Gasteiger partial charge < -0.3 is 14.1 Å². The van der Waals surface area contributed by atoms with Gasteiger partial charge in [0.2, 0.25) is 0 Å². The quantitative estimate of drug-likeness (QED) is 0.447. The van der Waals surface area contributed by atoms with Crippen LogP contribution in [0, 0.1) is 5.41 Å². The van der Waals surface area contributed by atoms with Crippen molar-refractivity contribution in [3.63, 3.8) is 0 Å². The van der Waals surface area contributed by atoms with Crippen LogP contribution in [0.15, 0.2) is 70.0 Å². The van der Waals surface area contributed by atoms with E-state index < -0.39 is 5.63 Å². The Morgan fingerprint density at radius 2 is 1.76 bits per heavy atom. The molecule has 0 atom stereocenters. The summed E-state index contributed by atoms with van der Waals surface area (Å²) in [6.45, 7) is 0.561. The normalized spacial score (nSPS) is 11.2. The largest absolute Gasteiger partial charge is 0.508 e. The molecule has 5 heteroatoms. The summed E-state index contributed by atoms with van der Waals surface area (Å²) in [7, 11) is 0. The number of phenols is 1. The molecule has 0 aliphatic heterocycles. The van der Waals surface area contributed by atoms with Crippen LogP contribution in [0.1, 0.15) is 5.56 Å². The van der Waals surface area contributed by atoms with Gasteiger partial charge in [0.05, 0.1) is 0 Å². The van der Waals surface area contributed by atoms with Gasteiger partial charge in [-0.05, 0) is 36.2 Å². The summed E-state index contributed by atoms with van der Waals surface area (Å²) in [5.74, 6) is 0.229. The van der Waals surface area contributed by atoms with Crippen LogP contribution in [0.4, 0.5) is 0 Å². The molecule has 5 nitrogen and oxygen atoms in total. The molecule has 25 heavy (non-hydrogen) atoms. The number of pyridine rings is 1. The second kappa shape index (κ2) is 5.94. The van der Waals surface area contributed by atoms with Crippen molar-refractivity contribution in [3.05, 3.63) is 82.3 Å². The van der Waals surface area contributed by atoms with Crippen LogP contribution in [0.3, 0.4) is 0 Å². The zero-order valence-corrected chi connectivity index (χ0v) is 13.4. The van der Waals surface area contributed by atoms with Crippen molar-refractivity contribution < 1.29 is 9.52 Å². The smallest absolute Gasteiger partial charge is 0.347 e. The fourth-order valence-corrected chi connectivity index (χ4v) is 3.05. The number of hydrogen-bond acceptors (Lipinski definition) is 4. The third-order valence-corrected chi connectivity index (χ3v) is 4.38. The van der Waals surface area contributed by atoms with Gasteiger partial charge in [-0.1, -0.05) is 30.3 Å². The van der Waals surface area contributed by atoms with Crippen LogP contribution in [0.25, 0.3) is 21.7 Å². The van der Waals surface area contributed by atoms with E-state index in [9.17, 15) is 9.90 Å². The zero-order valence-electron chi connectivity index (χ0n) is 13.4. The Balaban J connectivity index is 1.78. The molecule has 2 aromatic heterocycles. The van der Waals surface area contributed by atoms with Crippen molar-refractivity contribution in [1.82, 2.24) is 4.57 Å². The lowest BCUT2D eigenvalue weighted by Gasteiger charge is -2.10. The first-order valence-corrected chi connectivity index (χ1v) is 8.01. The van der Waals surface area contributed by atoms with E-state index in [4.69, 9.17) is 9.83 Å². The maximum Gasteiger partial charge on any atom is 0.347 e. The van der Waals surface area contributed by atoms with E-state index in [0.717, 1.165) is 16.3 Å². The van der Waals surface area contributed by atoms with E-state index in [1.165, 1.54) is 0 Å². The number of hydrogen-bond donors (Lipinski definition) is 2. The number of nitrogens with one attached hydrogen (secondary N) is 1. The molecule has 0 amide bonds. The number of nitrogens with zero attached hydrogens (tertiary/aromatic N) is 1. The lowest BCUT2D eigenvalue weighted by atomic mass is 10.1. The standard InChI is InChI=1S/C20H16N2O3/c21-19-18-16(15-3-1-2-4-17(15)25-20(18)24)10-12-22(19)11-9-13-5-7-14(23)8-6-13/h1-8,10,12,21,23H,9,11H2. The summed E-state index contributed by atoms with van der Waals surface area (Å²) in [6.07, 6.45) is 2.53. The third-order valence-electron chi connectivity index (χ3n) is 4.38. The van der Waals surface area contributed by atoms with Gasteiger partial charge in [0.15, 0.2) is 0 Å². The van der Waals surface area contributed by atoms with Gasteiger partial charge in [-0.3, -0.25) is 5.41 Å². The number of aromatic hydroxyl groups is 1. The molecular formula is C20H16N2O3. The maximum atomic E-state index is 12.3. The van der Waals surface area contributed by atoms with Crippen LogP contribution in [0.5, 0.6) is 5.75 Å². The molecule has 2 aromatic carbocycles. The average molecular weight is 332 g/mol. The summed E-state index contributed by atoms with van der Waals surface area (Å²) in [4.78, 5) is 12.3. The van der Waals surface area contributed by atoms with Gasteiger partial charge in [-0.2, -0.15) is 0 Å². The topological polar surface area (TPSA) is 79.2 Å². The summed E-state index contributed by atoms with van der Waals surface area (Å²) in [6, 6.07) is 16.2. The van der Waals surface area contributed by atoms with Crippen LogP contribution in [-0.2, 0) is 13.0 Å². The van der Waals surface area contributed by atoms with E-state index in [0.29, 0.717) is 23.9 Å². The Bertz CT molecular complexity index is 1190. The minimum Gasteiger partial charge on any atom is -0.508 e. The molecular weight excluding hydrogens is 316 g/mol. The molecule has 2 heterocycles. The zero-order chi connectivity index (χ0) is 17.4. The fraction of sp³-hybridized carbons (Fsp3) is 0.100. The molecule has 0 fully saturated rings. The maximum absolute atomic E-state index is 12.3. The van der Waals surface area contributed by atoms with Gasteiger partial charge in [0.1, 0.15) is 22.2 Å². The molecule has 0 aliphatic rings. The van der Waals surface area contributed by atoms with Crippen LogP contribution in [-0.4, -0.2) is 9.67 Å². The summed E-state index contributed by atoms with van der Waals surface area (Å²) in [5.41, 5.74) is 1.24. The monoisotopic (exact) mass is 332 g/mol. The van der Waals surface area contributed by atoms with Gasteiger partial charge in [0, 0.05) is 23.5 Å². The average Bonchev–Trinajstić information content (AvgIpc) is 2.62. The van der Waals surface area contributed by atoms with E-state index in [2.05, 4.69) is 0 Å². The predicted molar refractivity (Wildman–Crippen MR) is 95.6 cm³/mol. The molecule has 0 bridgehead atoms. The molecule has 0 saturated heterocycles. The molecule has 0 aliphatic carbocycles. The van der Waals surface area contributed by atoms with E-state index in [1.54, 1.807) is 22.8 Å². The highest BCUT2D eigenvalue weighted by Crippen LogP contribution is 2.20. The van der Waals surface area contributed by atoms with Gasteiger partial charge in [0.25, 0.3) is 0 Å². The summed E-state index contributed by atoms with van der Waals surface area (Å²) in [5, 5.41) is 19.6. The summed E-state index contributed by atoms with van der Waals surface area (Å²) >= 11 is 0. The predicted octanol–water partition coefficient (Wildman–Crippen LogP) is 3.18. The lowest BCUT2D eigenvalue weighted by molar-refractivity contribution is 0.475. The van der Waals surface area contributed by atoms with Crippen molar-refractivity contribution in [2.45, 2.75) is 13.0 Å². The molecule has 124 valence electrons. The Morgan fingerprint density at radius 1 is 1.00 bits per heavy atom. The lowest BCUT2D eigenvalue weighted by Crippen LogP contribution is -2.25. The van der Waals surface area contributed by atoms with Gasteiger partial charge in [-0.15, -0.1) is 0 Å². The Hall–Kier alpha value is -3.34. The van der Waals surface area contributed by atoms with Crippen LogP contribution >= 0.6 is 0 Å². The highest BCUT2D eigenvalue weighted by Gasteiger charge is 2.10. The molecule has 4 aromatic rings. The second-order valence-electron chi connectivity index (χ2n) is 5.95. The second-order valence-corrected chi connectivity index (χ2v) is 5.95. The van der Waals surface area contributed by atoms with Crippen molar-refractivity contribution in [3.8, 4) is 5.75 Å². The SMILES string of the molecule is N=c1c2c(=O)oc3ccccc3c2ccn1CCc1ccc(O)cc1. The molecule has 0 spiro atoms. The number of para-hydroxylation sites is 1. The Labute approximate surface area is 142 Å². The number of aromatic nitrogens is 1. The highest BCUT2D eigenvalue weighted by molar-refractivity contribution is 6.03. The van der Waals surface area contributed by atoms with E-state index in [1.807, 2.05) is 42.6 Å². The van der Waals surface area contributed by atoms with Crippen molar-refractivity contribution in [2.75, 3.05) is 0 Å². The van der Waals surface area contributed by atoms with Crippen LogP contribution in [0.2, 0.25) is 0 Å². The van der Waals surface area contributed by atoms with E-state index >= 15 is 0 Å². The highest BCUT2D eigenvalue weighted by atomic mass is 16.4. The molecule has 4 rings (SSSR count). The Morgan fingerprint density at radius 3 is 2.56 bits per heavy atom. The molecule has 0 radical (unpaired) electrons. The van der Waals surface area contributed by atoms with Crippen molar-refractivity contribution >= 4 is 21.7 Å². The number of benzene rings is 2. The number of rotatable bonds is 3. The Kier molecular flexibility index (Phi) is 3.61. The third kappa shape index (κ3) is 2.70. The first-order chi connectivity index (χ1) is 12.1. The molecule has 2 N–H and O–H groups in total. The first kappa shape index (κ1) is 15.2. The number of aryl methyl sites for hydroxylation is 2. The number of phenolic OH excluding ortho intramolecular Hbond substituents is 1. The van der Waals surface area contributed by atoms with Crippen molar-refractivity contribution in [2.24, 2.45) is 0 Å². The minimum atomic E-state index is -0.488. The molecule has 0 saturated carbocycles. The molecule has 0 unspecified atom stereocenters. The number of fused-ring (bicyclic) bond motifs is 3.